The molecule has 0 aromatic heterocycles. The molecule has 26 heavy (non-hydrogen) atoms. The molecule has 1 aromatic carbocycles. The predicted octanol–water partition coefficient (Wildman–Crippen LogP) is 4.07. The summed E-state index contributed by atoms with van der Waals surface area (Å²) in [4.78, 5) is 4.40. The van der Waals surface area contributed by atoms with Gasteiger partial charge in [0.1, 0.15) is 0 Å². The minimum Gasteiger partial charge on any atom is -0.381 e. The average Bonchev–Trinajstić information content (AvgIpc) is 3.16. The van der Waals surface area contributed by atoms with E-state index in [1.54, 1.807) is 0 Å². The van der Waals surface area contributed by atoms with Crippen molar-refractivity contribution in [3.8, 4) is 0 Å². The van der Waals surface area contributed by atoms with Crippen molar-refractivity contribution >= 4 is 53.3 Å². The highest BCUT2D eigenvalue weighted by Gasteiger charge is 2.34. The smallest absolute Gasteiger partial charge is 0.191 e. The fraction of sp³-hybridized carbons (Fsp3) is 0.632. The summed E-state index contributed by atoms with van der Waals surface area (Å²) in [6.45, 7) is 3.41. The monoisotopic (exact) mass is 509 g/mol. The molecule has 0 radical (unpaired) electrons. The molecule has 1 atom stereocenters. The summed E-state index contributed by atoms with van der Waals surface area (Å²) in [7, 11) is 1.84. The lowest BCUT2D eigenvalue weighted by Gasteiger charge is -2.38. The summed E-state index contributed by atoms with van der Waals surface area (Å²) < 4.78 is 5.62. The molecule has 2 fully saturated rings. The zero-order valence-corrected chi connectivity index (χ0v) is 19.2. The van der Waals surface area contributed by atoms with Gasteiger partial charge in [0.15, 0.2) is 5.96 Å². The number of hydrogen-bond donors (Lipinski definition) is 2. The van der Waals surface area contributed by atoms with Crippen LogP contribution in [0.5, 0.6) is 0 Å². The minimum absolute atomic E-state index is 0. The summed E-state index contributed by atoms with van der Waals surface area (Å²) in [5.41, 5.74) is 1.33. The molecule has 7 heteroatoms. The van der Waals surface area contributed by atoms with E-state index in [1.165, 1.54) is 24.2 Å². The third kappa shape index (κ3) is 5.91. The van der Waals surface area contributed by atoms with Crippen molar-refractivity contribution in [2.75, 3.05) is 39.1 Å². The quantitative estimate of drug-likeness (QED) is 0.357. The number of thioether (sulfide) groups is 1. The van der Waals surface area contributed by atoms with Crippen molar-refractivity contribution in [3.63, 3.8) is 0 Å². The molecule has 0 bridgehead atoms. The van der Waals surface area contributed by atoms with E-state index in [0.717, 1.165) is 50.1 Å². The largest absolute Gasteiger partial charge is 0.381 e. The molecule has 146 valence electrons. The highest BCUT2D eigenvalue weighted by atomic mass is 127. The summed E-state index contributed by atoms with van der Waals surface area (Å²) in [5, 5.41) is 8.55. The van der Waals surface area contributed by atoms with Gasteiger partial charge < -0.3 is 15.4 Å². The first-order valence-electron chi connectivity index (χ1n) is 9.12. The molecule has 3 rings (SSSR count). The van der Waals surface area contributed by atoms with Gasteiger partial charge in [0, 0.05) is 49.0 Å². The van der Waals surface area contributed by atoms with Crippen LogP contribution < -0.4 is 10.6 Å². The van der Waals surface area contributed by atoms with Gasteiger partial charge in [-0.25, -0.2) is 0 Å². The number of rotatable bonds is 5. The Balaban J connectivity index is 0.00000243. The molecule has 0 aliphatic carbocycles. The van der Waals surface area contributed by atoms with Crippen molar-refractivity contribution in [1.82, 2.24) is 10.6 Å². The van der Waals surface area contributed by atoms with Crippen molar-refractivity contribution in [1.29, 1.82) is 0 Å². The van der Waals surface area contributed by atoms with E-state index >= 15 is 0 Å². The van der Waals surface area contributed by atoms with Crippen LogP contribution in [0.25, 0.3) is 0 Å². The number of aliphatic imine (C=N–C) groups is 1. The second-order valence-electron chi connectivity index (χ2n) is 6.84. The Morgan fingerprint density at radius 2 is 2.15 bits per heavy atom. The van der Waals surface area contributed by atoms with Gasteiger partial charge in [-0.05, 0) is 49.1 Å². The topological polar surface area (TPSA) is 45.7 Å². The number of nitrogens with one attached hydrogen (secondary N) is 2. The van der Waals surface area contributed by atoms with Gasteiger partial charge in [-0.15, -0.1) is 24.0 Å². The van der Waals surface area contributed by atoms with Crippen LogP contribution >= 0.6 is 47.3 Å². The fourth-order valence-corrected chi connectivity index (χ4v) is 5.03. The SMILES string of the molecule is CN=C(NCC1CCCS1)NCC1(c2cccc(Cl)c2)CCOCC1.I. The van der Waals surface area contributed by atoms with Crippen LogP contribution in [0.1, 0.15) is 31.2 Å². The second kappa shape index (κ2) is 11.0. The van der Waals surface area contributed by atoms with Crippen molar-refractivity contribution in [2.24, 2.45) is 4.99 Å². The maximum Gasteiger partial charge on any atom is 0.191 e. The van der Waals surface area contributed by atoms with E-state index in [-0.39, 0.29) is 29.4 Å². The van der Waals surface area contributed by atoms with Gasteiger partial charge in [0.25, 0.3) is 0 Å². The van der Waals surface area contributed by atoms with E-state index in [9.17, 15) is 0 Å². The third-order valence-corrected chi connectivity index (χ3v) is 6.86. The third-order valence-electron chi connectivity index (χ3n) is 5.23. The van der Waals surface area contributed by atoms with Gasteiger partial charge in [0.05, 0.1) is 0 Å². The first kappa shape index (κ1) is 22.1. The number of hydrogen-bond acceptors (Lipinski definition) is 3. The maximum atomic E-state index is 6.25. The second-order valence-corrected chi connectivity index (χ2v) is 8.69. The van der Waals surface area contributed by atoms with E-state index < -0.39 is 0 Å². The summed E-state index contributed by atoms with van der Waals surface area (Å²) in [6.07, 6.45) is 4.63. The Kier molecular flexibility index (Phi) is 9.33. The van der Waals surface area contributed by atoms with Crippen LogP contribution in [-0.4, -0.2) is 50.3 Å². The molecule has 2 aliphatic rings. The molecule has 2 aliphatic heterocycles. The number of nitrogens with zero attached hydrogens (tertiary/aromatic N) is 1. The van der Waals surface area contributed by atoms with Crippen molar-refractivity contribution in [3.05, 3.63) is 34.9 Å². The average molecular weight is 510 g/mol. The lowest BCUT2D eigenvalue weighted by molar-refractivity contribution is 0.0514. The standard InChI is InChI=1S/C19H28ClN3OS.HI/c1-21-18(22-13-17-6-3-11-25-17)23-14-19(7-9-24-10-8-19)15-4-2-5-16(20)12-15;/h2,4-5,12,17H,3,6-11,13-14H2,1H3,(H2,21,22,23);1H. The van der Waals surface area contributed by atoms with E-state index in [1.807, 2.05) is 19.2 Å². The van der Waals surface area contributed by atoms with Crippen LogP contribution in [0.15, 0.2) is 29.3 Å². The summed E-state index contributed by atoms with van der Waals surface area (Å²) in [6, 6.07) is 8.26. The molecule has 1 aromatic rings. The Bertz CT molecular complexity index is 590. The Hall–Kier alpha value is -0.180. The number of guanidine groups is 1. The van der Waals surface area contributed by atoms with Gasteiger partial charge in [-0.3, -0.25) is 4.99 Å². The first-order chi connectivity index (χ1) is 12.2. The van der Waals surface area contributed by atoms with E-state index in [0.29, 0.717) is 5.25 Å². The van der Waals surface area contributed by atoms with Crippen LogP contribution in [0.3, 0.4) is 0 Å². The highest BCUT2D eigenvalue weighted by molar-refractivity contribution is 14.0. The highest BCUT2D eigenvalue weighted by Crippen LogP contribution is 2.35. The number of ether oxygens (including phenoxy) is 1. The molecule has 0 saturated carbocycles. The lowest BCUT2D eigenvalue weighted by atomic mass is 9.74. The van der Waals surface area contributed by atoms with Gasteiger partial charge in [-0.1, -0.05) is 23.7 Å². The molecule has 2 heterocycles. The zero-order valence-electron chi connectivity index (χ0n) is 15.3. The number of halogens is 2. The lowest BCUT2D eigenvalue weighted by Crippen LogP contribution is -2.48. The molecule has 0 spiro atoms. The Labute approximate surface area is 183 Å². The van der Waals surface area contributed by atoms with Crippen LogP contribution in [0.4, 0.5) is 0 Å². The Morgan fingerprint density at radius 1 is 1.35 bits per heavy atom. The Morgan fingerprint density at radius 3 is 2.81 bits per heavy atom. The molecule has 4 nitrogen and oxygen atoms in total. The van der Waals surface area contributed by atoms with E-state index in [4.69, 9.17) is 16.3 Å². The first-order valence-corrected chi connectivity index (χ1v) is 10.5. The molecule has 0 amide bonds. The maximum absolute atomic E-state index is 6.25. The minimum atomic E-state index is 0. The normalized spacial score (nSPS) is 22.5. The molecule has 1 unspecified atom stereocenters. The fourth-order valence-electron chi connectivity index (χ4n) is 3.64. The zero-order chi connectivity index (χ0) is 17.5. The van der Waals surface area contributed by atoms with Crippen LogP contribution in [0, 0.1) is 0 Å². The molecule has 2 N–H and O–H groups in total. The van der Waals surface area contributed by atoms with E-state index in [2.05, 4.69) is 39.5 Å². The molecular weight excluding hydrogens is 481 g/mol. The molecule has 2 saturated heterocycles. The van der Waals surface area contributed by atoms with Crippen LogP contribution in [-0.2, 0) is 10.2 Å². The van der Waals surface area contributed by atoms with Gasteiger partial charge >= 0.3 is 0 Å². The van der Waals surface area contributed by atoms with Gasteiger partial charge in [-0.2, -0.15) is 11.8 Å². The predicted molar refractivity (Wildman–Crippen MR) is 123 cm³/mol. The summed E-state index contributed by atoms with van der Waals surface area (Å²) in [5.74, 6) is 2.18. The van der Waals surface area contributed by atoms with Crippen LogP contribution in [0.2, 0.25) is 5.02 Å². The number of benzene rings is 1. The van der Waals surface area contributed by atoms with Crippen molar-refractivity contribution < 1.29 is 4.74 Å². The van der Waals surface area contributed by atoms with Crippen molar-refractivity contribution in [2.45, 2.75) is 36.3 Å². The summed E-state index contributed by atoms with van der Waals surface area (Å²) >= 11 is 8.31. The van der Waals surface area contributed by atoms with Gasteiger partial charge in [0.2, 0.25) is 0 Å². The molecular formula is C19H29ClIN3OS.